The number of fused-ring (bicyclic) bond motifs is 1. The molecule has 102 valence electrons. The van der Waals surface area contributed by atoms with Gasteiger partial charge in [0.05, 0.1) is 5.41 Å². The molecule has 0 aromatic carbocycles. The van der Waals surface area contributed by atoms with Crippen molar-refractivity contribution in [2.24, 2.45) is 17.3 Å². The third-order valence-electron chi connectivity index (χ3n) is 4.16. The average Bonchev–Trinajstić information content (AvgIpc) is 2.83. The SMILES string of the molecule is CC(C)(C)OC(=O)N1CCC2C(C1)C2(C)C(=O)O. The number of ether oxygens (including phenoxy) is 1. The normalized spacial score (nSPS) is 34.8. The summed E-state index contributed by atoms with van der Waals surface area (Å²) in [7, 11) is 0. The molecular formula is C13H21NO4. The molecule has 0 radical (unpaired) electrons. The topological polar surface area (TPSA) is 66.8 Å². The van der Waals surface area contributed by atoms with Crippen LogP contribution in [0.5, 0.6) is 0 Å². The average molecular weight is 255 g/mol. The van der Waals surface area contributed by atoms with Crippen LogP contribution in [-0.2, 0) is 9.53 Å². The van der Waals surface area contributed by atoms with Gasteiger partial charge in [0.15, 0.2) is 0 Å². The van der Waals surface area contributed by atoms with E-state index in [4.69, 9.17) is 4.74 Å². The van der Waals surface area contributed by atoms with Crippen molar-refractivity contribution in [3.63, 3.8) is 0 Å². The first-order valence-electron chi connectivity index (χ1n) is 6.37. The van der Waals surface area contributed by atoms with E-state index in [0.29, 0.717) is 13.1 Å². The zero-order chi connectivity index (χ0) is 13.7. The first-order chi connectivity index (χ1) is 8.16. The predicted octanol–water partition coefficient (Wildman–Crippen LogP) is 1.96. The van der Waals surface area contributed by atoms with Crippen molar-refractivity contribution in [2.75, 3.05) is 13.1 Å². The first-order valence-corrected chi connectivity index (χ1v) is 6.37. The van der Waals surface area contributed by atoms with Crippen molar-refractivity contribution >= 4 is 12.1 Å². The molecule has 1 saturated heterocycles. The summed E-state index contributed by atoms with van der Waals surface area (Å²) in [5.74, 6) is -0.450. The van der Waals surface area contributed by atoms with Crippen LogP contribution in [0.1, 0.15) is 34.1 Å². The number of hydrogen-bond acceptors (Lipinski definition) is 3. The van der Waals surface area contributed by atoms with Gasteiger partial charge < -0.3 is 14.7 Å². The minimum atomic E-state index is -0.747. The number of aliphatic carboxylic acids is 1. The van der Waals surface area contributed by atoms with E-state index in [2.05, 4.69) is 0 Å². The number of amides is 1. The number of carbonyl (C=O) groups excluding carboxylic acids is 1. The zero-order valence-electron chi connectivity index (χ0n) is 11.4. The smallest absolute Gasteiger partial charge is 0.410 e. The van der Waals surface area contributed by atoms with Crippen LogP contribution >= 0.6 is 0 Å². The third kappa shape index (κ3) is 2.06. The Bertz CT molecular complexity index is 387. The highest BCUT2D eigenvalue weighted by molar-refractivity contribution is 5.79. The summed E-state index contributed by atoms with van der Waals surface area (Å²) in [4.78, 5) is 24.8. The van der Waals surface area contributed by atoms with E-state index in [9.17, 15) is 14.7 Å². The number of carboxylic acid groups (broad SMARTS) is 1. The molecule has 0 bridgehead atoms. The standard InChI is InChI=1S/C13H21NO4/c1-12(2,3)18-11(17)14-6-5-8-9(7-14)13(8,4)10(15)16/h8-9H,5-7H2,1-4H3,(H,15,16). The quantitative estimate of drug-likeness (QED) is 0.777. The predicted molar refractivity (Wildman–Crippen MR) is 65.1 cm³/mol. The van der Waals surface area contributed by atoms with Crippen molar-refractivity contribution in [1.82, 2.24) is 4.90 Å². The summed E-state index contributed by atoms with van der Waals surface area (Å²) in [6, 6.07) is 0. The van der Waals surface area contributed by atoms with E-state index in [1.54, 1.807) is 11.8 Å². The number of likely N-dealkylation sites (tertiary alicyclic amines) is 1. The summed E-state index contributed by atoms with van der Waals surface area (Å²) < 4.78 is 5.31. The lowest BCUT2D eigenvalue weighted by molar-refractivity contribution is -0.143. The second kappa shape index (κ2) is 3.87. The Morgan fingerprint density at radius 2 is 1.94 bits per heavy atom. The van der Waals surface area contributed by atoms with E-state index >= 15 is 0 Å². The van der Waals surface area contributed by atoms with Crippen molar-refractivity contribution in [3.05, 3.63) is 0 Å². The van der Waals surface area contributed by atoms with Crippen LogP contribution in [0, 0.1) is 17.3 Å². The van der Waals surface area contributed by atoms with Crippen LogP contribution in [-0.4, -0.2) is 40.8 Å². The molecule has 0 aromatic rings. The lowest BCUT2D eigenvalue weighted by atomic mass is 10.1. The summed E-state index contributed by atoms with van der Waals surface area (Å²) >= 11 is 0. The Balaban J connectivity index is 1.97. The molecule has 1 heterocycles. The van der Waals surface area contributed by atoms with Gasteiger partial charge in [-0.2, -0.15) is 0 Å². The largest absolute Gasteiger partial charge is 0.481 e. The Kier molecular flexibility index (Phi) is 2.83. The zero-order valence-corrected chi connectivity index (χ0v) is 11.4. The molecule has 5 heteroatoms. The Labute approximate surface area is 107 Å². The van der Waals surface area contributed by atoms with Gasteiger partial charge in [-0.15, -0.1) is 0 Å². The summed E-state index contributed by atoms with van der Waals surface area (Å²) in [6.45, 7) is 8.37. The Hall–Kier alpha value is -1.26. The fourth-order valence-electron chi connectivity index (χ4n) is 2.95. The lowest BCUT2D eigenvalue weighted by Crippen LogP contribution is -2.40. The molecule has 1 aliphatic carbocycles. The Morgan fingerprint density at radius 1 is 1.33 bits per heavy atom. The summed E-state index contributed by atoms with van der Waals surface area (Å²) in [5, 5.41) is 9.22. The highest BCUT2D eigenvalue weighted by atomic mass is 16.6. The minimum Gasteiger partial charge on any atom is -0.481 e. The number of carboxylic acids is 1. The molecule has 1 amide bonds. The van der Waals surface area contributed by atoms with Gasteiger partial charge in [-0.3, -0.25) is 4.79 Å². The molecular weight excluding hydrogens is 234 g/mol. The van der Waals surface area contributed by atoms with E-state index in [1.165, 1.54) is 0 Å². The maximum atomic E-state index is 11.9. The number of carbonyl (C=O) groups is 2. The van der Waals surface area contributed by atoms with Gasteiger partial charge in [0.1, 0.15) is 5.60 Å². The Morgan fingerprint density at radius 3 is 2.44 bits per heavy atom. The number of rotatable bonds is 1. The highest BCUT2D eigenvalue weighted by Crippen LogP contribution is 2.62. The minimum absolute atomic E-state index is 0.0799. The molecule has 5 nitrogen and oxygen atoms in total. The van der Waals surface area contributed by atoms with Crippen molar-refractivity contribution in [1.29, 1.82) is 0 Å². The van der Waals surface area contributed by atoms with Gasteiger partial charge in [-0.1, -0.05) is 0 Å². The van der Waals surface area contributed by atoms with E-state index in [-0.39, 0.29) is 17.9 Å². The van der Waals surface area contributed by atoms with E-state index in [0.717, 1.165) is 6.42 Å². The first kappa shape index (κ1) is 13.2. The third-order valence-corrected chi connectivity index (χ3v) is 4.16. The van der Waals surface area contributed by atoms with Crippen LogP contribution in [0.3, 0.4) is 0 Å². The summed E-state index contributed by atoms with van der Waals surface area (Å²) in [5.41, 5.74) is -1.15. The van der Waals surface area contributed by atoms with Crippen molar-refractivity contribution < 1.29 is 19.4 Å². The fourth-order valence-corrected chi connectivity index (χ4v) is 2.95. The molecule has 2 rings (SSSR count). The molecule has 18 heavy (non-hydrogen) atoms. The van der Waals surface area contributed by atoms with Crippen molar-refractivity contribution in [2.45, 2.75) is 39.7 Å². The molecule has 0 aromatic heterocycles. The van der Waals surface area contributed by atoms with E-state index in [1.807, 2.05) is 20.8 Å². The van der Waals surface area contributed by atoms with Crippen LogP contribution in [0.2, 0.25) is 0 Å². The molecule has 2 aliphatic rings. The van der Waals surface area contributed by atoms with Crippen molar-refractivity contribution in [3.8, 4) is 0 Å². The number of piperidine rings is 1. The number of nitrogens with zero attached hydrogens (tertiary/aromatic N) is 1. The summed E-state index contributed by atoms with van der Waals surface area (Å²) in [6.07, 6.45) is 0.424. The molecule has 3 unspecified atom stereocenters. The molecule has 3 atom stereocenters. The number of hydrogen-bond donors (Lipinski definition) is 1. The maximum absolute atomic E-state index is 11.9. The second-order valence-electron chi connectivity index (χ2n) is 6.52. The van der Waals surface area contributed by atoms with Crippen LogP contribution < -0.4 is 0 Å². The van der Waals surface area contributed by atoms with Gasteiger partial charge in [-0.25, -0.2) is 4.79 Å². The van der Waals surface area contributed by atoms with Gasteiger partial charge in [0.2, 0.25) is 0 Å². The lowest BCUT2D eigenvalue weighted by Gasteiger charge is -2.29. The highest BCUT2D eigenvalue weighted by Gasteiger charge is 2.67. The monoisotopic (exact) mass is 255 g/mol. The molecule has 1 N–H and O–H groups in total. The molecule has 1 saturated carbocycles. The van der Waals surface area contributed by atoms with Gasteiger partial charge in [0, 0.05) is 13.1 Å². The molecule has 2 fully saturated rings. The maximum Gasteiger partial charge on any atom is 0.410 e. The van der Waals surface area contributed by atoms with Crippen LogP contribution in [0.25, 0.3) is 0 Å². The van der Waals surface area contributed by atoms with Crippen LogP contribution in [0.15, 0.2) is 0 Å². The van der Waals surface area contributed by atoms with Gasteiger partial charge in [-0.05, 0) is 46.0 Å². The second-order valence-corrected chi connectivity index (χ2v) is 6.52. The van der Waals surface area contributed by atoms with Gasteiger partial charge >= 0.3 is 12.1 Å². The van der Waals surface area contributed by atoms with Crippen LogP contribution in [0.4, 0.5) is 4.79 Å². The molecule has 0 spiro atoms. The van der Waals surface area contributed by atoms with E-state index < -0.39 is 17.0 Å². The fraction of sp³-hybridized carbons (Fsp3) is 0.846. The van der Waals surface area contributed by atoms with Gasteiger partial charge in [0.25, 0.3) is 0 Å². The molecule has 1 aliphatic heterocycles.